The summed E-state index contributed by atoms with van der Waals surface area (Å²) in [6.07, 6.45) is 4.22. The van der Waals surface area contributed by atoms with Crippen LogP contribution in [0.2, 0.25) is 0 Å². The molecular formula is C11H15N5S. The molecule has 0 amide bonds. The highest BCUT2D eigenvalue weighted by atomic mass is 32.1. The molecule has 2 aromatic rings. The van der Waals surface area contributed by atoms with E-state index in [-0.39, 0.29) is 0 Å². The van der Waals surface area contributed by atoms with Gasteiger partial charge in [-0.05, 0) is 26.3 Å². The Bertz CT molecular complexity index is 478. The largest absolute Gasteiger partial charge is 0.287 e. The van der Waals surface area contributed by atoms with E-state index < -0.39 is 0 Å². The molecule has 90 valence electrons. The highest BCUT2D eigenvalue weighted by Crippen LogP contribution is 2.31. The fourth-order valence-electron chi connectivity index (χ4n) is 2.32. The molecule has 1 atom stereocenters. The molecule has 3 rings (SSSR count). The van der Waals surface area contributed by atoms with E-state index in [0.717, 1.165) is 31.2 Å². The molecule has 17 heavy (non-hydrogen) atoms. The van der Waals surface area contributed by atoms with E-state index in [2.05, 4.69) is 25.1 Å². The number of rotatable bonds is 3. The summed E-state index contributed by atoms with van der Waals surface area (Å²) in [4.78, 5) is 11.2. The van der Waals surface area contributed by atoms with Crippen molar-refractivity contribution in [1.29, 1.82) is 0 Å². The van der Waals surface area contributed by atoms with Crippen molar-refractivity contribution in [3.63, 3.8) is 0 Å². The molecular weight excluding hydrogens is 234 g/mol. The van der Waals surface area contributed by atoms with E-state index in [9.17, 15) is 0 Å². The van der Waals surface area contributed by atoms with Gasteiger partial charge >= 0.3 is 0 Å². The molecule has 1 unspecified atom stereocenters. The predicted molar refractivity (Wildman–Crippen MR) is 65.6 cm³/mol. The van der Waals surface area contributed by atoms with Gasteiger partial charge in [0.2, 0.25) is 0 Å². The Morgan fingerprint density at radius 3 is 3.24 bits per heavy atom. The second kappa shape index (κ2) is 4.54. The minimum atomic E-state index is 0.351. The second-order valence-corrected chi connectivity index (χ2v) is 5.31. The Hall–Kier alpha value is -1.27. The van der Waals surface area contributed by atoms with Crippen LogP contribution in [0.1, 0.15) is 35.5 Å². The van der Waals surface area contributed by atoms with Crippen LogP contribution in [-0.4, -0.2) is 31.6 Å². The van der Waals surface area contributed by atoms with Crippen molar-refractivity contribution >= 4 is 11.3 Å². The monoisotopic (exact) mass is 249 g/mol. The molecule has 1 fully saturated rings. The van der Waals surface area contributed by atoms with Crippen molar-refractivity contribution in [2.45, 2.75) is 32.4 Å². The third kappa shape index (κ3) is 2.23. The average molecular weight is 249 g/mol. The first-order chi connectivity index (χ1) is 8.33. The first-order valence-electron chi connectivity index (χ1n) is 5.84. The normalized spacial score (nSPS) is 21.1. The number of H-pyrrole nitrogens is 1. The number of aryl methyl sites for hydroxylation is 1. The molecule has 6 heteroatoms. The standard InChI is InChI=1S/C11H15N5S/c1-8-13-11(15-14-8)9-3-2-5-16(9)7-10-12-4-6-17-10/h4,6,9H,2-3,5,7H2,1H3,(H,13,14,15). The third-order valence-corrected chi connectivity index (χ3v) is 3.86. The number of nitrogens with zero attached hydrogens (tertiary/aromatic N) is 4. The lowest BCUT2D eigenvalue weighted by molar-refractivity contribution is 0.240. The molecule has 0 spiro atoms. The zero-order valence-electron chi connectivity index (χ0n) is 9.76. The molecule has 1 aliphatic rings. The quantitative estimate of drug-likeness (QED) is 0.902. The van der Waals surface area contributed by atoms with Crippen LogP contribution in [0.5, 0.6) is 0 Å². The van der Waals surface area contributed by atoms with Gasteiger partial charge in [0.15, 0.2) is 5.82 Å². The fourth-order valence-corrected chi connectivity index (χ4v) is 2.96. The van der Waals surface area contributed by atoms with E-state index in [0.29, 0.717) is 6.04 Å². The lowest BCUT2D eigenvalue weighted by Gasteiger charge is -2.20. The molecule has 1 aliphatic heterocycles. The van der Waals surface area contributed by atoms with Crippen molar-refractivity contribution < 1.29 is 0 Å². The number of hydrogen-bond donors (Lipinski definition) is 1. The fraction of sp³-hybridized carbons (Fsp3) is 0.545. The Morgan fingerprint density at radius 2 is 2.53 bits per heavy atom. The summed E-state index contributed by atoms with van der Waals surface area (Å²) in [7, 11) is 0. The van der Waals surface area contributed by atoms with Crippen molar-refractivity contribution in [3.8, 4) is 0 Å². The maximum absolute atomic E-state index is 4.45. The zero-order chi connectivity index (χ0) is 11.7. The molecule has 1 saturated heterocycles. The SMILES string of the molecule is Cc1nc(C2CCCN2Cc2nccs2)n[nH]1. The average Bonchev–Trinajstić information content (AvgIpc) is 2.99. The van der Waals surface area contributed by atoms with Gasteiger partial charge in [-0.3, -0.25) is 10.00 Å². The number of thiazole rings is 1. The van der Waals surface area contributed by atoms with Gasteiger partial charge in [0.1, 0.15) is 10.8 Å². The molecule has 3 heterocycles. The Kier molecular flexibility index (Phi) is 2.90. The molecule has 0 aromatic carbocycles. The molecule has 5 nitrogen and oxygen atoms in total. The highest BCUT2D eigenvalue weighted by molar-refractivity contribution is 7.09. The maximum Gasteiger partial charge on any atom is 0.167 e. The zero-order valence-corrected chi connectivity index (χ0v) is 10.6. The Morgan fingerprint density at radius 1 is 1.59 bits per heavy atom. The van der Waals surface area contributed by atoms with Crippen LogP contribution < -0.4 is 0 Å². The van der Waals surface area contributed by atoms with Crippen molar-refractivity contribution in [2.24, 2.45) is 0 Å². The summed E-state index contributed by atoms with van der Waals surface area (Å²) in [5.41, 5.74) is 0. The number of aromatic amines is 1. The van der Waals surface area contributed by atoms with Gasteiger partial charge in [-0.25, -0.2) is 9.97 Å². The van der Waals surface area contributed by atoms with Crippen LogP contribution in [0.15, 0.2) is 11.6 Å². The number of likely N-dealkylation sites (tertiary alicyclic amines) is 1. The highest BCUT2D eigenvalue weighted by Gasteiger charge is 2.29. The molecule has 0 aliphatic carbocycles. The first kappa shape index (κ1) is 10.9. The molecule has 0 bridgehead atoms. The lowest BCUT2D eigenvalue weighted by atomic mass is 10.2. The van der Waals surface area contributed by atoms with E-state index in [1.165, 1.54) is 11.4 Å². The number of aromatic nitrogens is 4. The first-order valence-corrected chi connectivity index (χ1v) is 6.72. The summed E-state index contributed by atoms with van der Waals surface area (Å²) in [6.45, 7) is 3.96. The molecule has 2 aromatic heterocycles. The second-order valence-electron chi connectivity index (χ2n) is 4.33. The summed E-state index contributed by atoms with van der Waals surface area (Å²) in [6, 6.07) is 0.351. The van der Waals surface area contributed by atoms with Crippen molar-refractivity contribution in [3.05, 3.63) is 28.2 Å². The van der Waals surface area contributed by atoms with Gasteiger partial charge in [-0.1, -0.05) is 0 Å². The molecule has 1 N–H and O–H groups in total. The van der Waals surface area contributed by atoms with Gasteiger partial charge < -0.3 is 0 Å². The van der Waals surface area contributed by atoms with Crippen LogP contribution >= 0.6 is 11.3 Å². The van der Waals surface area contributed by atoms with E-state index in [4.69, 9.17) is 0 Å². The predicted octanol–water partition coefficient (Wildman–Crippen LogP) is 1.91. The molecule has 0 saturated carbocycles. The number of hydrogen-bond acceptors (Lipinski definition) is 5. The van der Waals surface area contributed by atoms with Crippen LogP contribution in [0.25, 0.3) is 0 Å². The van der Waals surface area contributed by atoms with Crippen LogP contribution in [0, 0.1) is 6.92 Å². The van der Waals surface area contributed by atoms with E-state index in [1.54, 1.807) is 11.3 Å². The lowest BCUT2D eigenvalue weighted by Crippen LogP contribution is -2.23. The molecule has 0 radical (unpaired) electrons. The summed E-state index contributed by atoms with van der Waals surface area (Å²) < 4.78 is 0. The van der Waals surface area contributed by atoms with Gasteiger partial charge in [-0.15, -0.1) is 11.3 Å². The van der Waals surface area contributed by atoms with Gasteiger partial charge in [-0.2, -0.15) is 5.10 Å². The Balaban J connectivity index is 1.76. The summed E-state index contributed by atoms with van der Waals surface area (Å²) in [5, 5.41) is 10.4. The maximum atomic E-state index is 4.45. The minimum Gasteiger partial charge on any atom is -0.287 e. The van der Waals surface area contributed by atoms with Gasteiger partial charge in [0.25, 0.3) is 0 Å². The summed E-state index contributed by atoms with van der Waals surface area (Å²) >= 11 is 1.71. The smallest absolute Gasteiger partial charge is 0.167 e. The van der Waals surface area contributed by atoms with Crippen molar-refractivity contribution in [1.82, 2.24) is 25.1 Å². The Labute approximate surface area is 104 Å². The summed E-state index contributed by atoms with van der Waals surface area (Å²) in [5.74, 6) is 1.82. The van der Waals surface area contributed by atoms with Crippen molar-refractivity contribution in [2.75, 3.05) is 6.54 Å². The third-order valence-electron chi connectivity index (χ3n) is 3.10. The minimum absolute atomic E-state index is 0.351. The van der Waals surface area contributed by atoms with Gasteiger partial charge in [0, 0.05) is 11.6 Å². The van der Waals surface area contributed by atoms with Gasteiger partial charge in [0.05, 0.1) is 12.6 Å². The topological polar surface area (TPSA) is 57.7 Å². The van der Waals surface area contributed by atoms with E-state index in [1.807, 2.05) is 18.5 Å². The van der Waals surface area contributed by atoms with Crippen LogP contribution in [0.3, 0.4) is 0 Å². The van der Waals surface area contributed by atoms with E-state index >= 15 is 0 Å². The van der Waals surface area contributed by atoms with Crippen LogP contribution in [0.4, 0.5) is 0 Å². The van der Waals surface area contributed by atoms with Crippen LogP contribution in [-0.2, 0) is 6.54 Å². The number of nitrogens with one attached hydrogen (secondary N) is 1.